The van der Waals surface area contributed by atoms with E-state index in [0.717, 1.165) is 51.2 Å². The van der Waals surface area contributed by atoms with E-state index in [1.54, 1.807) is 0 Å². The van der Waals surface area contributed by atoms with Crippen LogP contribution in [0.2, 0.25) is 0 Å². The first-order chi connectivity index (χ1) is 12.3. The molecule has 0 aliphatic carbocycles. The minimum atomic E-state index is -0.112. The summed E-state index contributed by atoms with van der Waals surface area (Å²) in [7, 11) is 0. The van der Waals surface area contributed by atoms with Crippen LogP contribution in [0.4, 0.5) is 0 Å². The molecule has 0 aromatic heterocycles. The number of Topliss-reactive ketones (excluding diaryl/α,β-unsaturated/α-hetero) is 1. The van der Waals surface area contributed by atoms with Gasteiger partial charge in [-0.15, -0.1) is 0 Å². The SMILES string of the molecule is CC/C=C\C/C=C\C/C=C\C/C=C\C/C=C\C/C=C\CCC(=O)C=N. The molecule has 0 aromatic rings. The Morgan fingerprint density at radius 3 is 1.36 bits per heavy atom. The molecule has 25 heavy (non-hydrogen) atoms. The number of rotatable bonds is 15. The lowest BCUT2D eigenvalue weighted by Gasteiger charge is -1.88. The fourth-order valence-corrected chi connectivity index (χ4v) is 1.94. The van der Waals surface area contributed by atoms with E-state index in [0.29, 0.717) is 6.42 Å². The quantitative estimate of drug-likeness (QED) is 0.262. The summed E-state index contributed by atoms with van der Waals surface area (Å²) in [6, 6.07) is 0. The van der Waals surface area contributed by atoms with Gasteiger partial charge in [0.1, 0.15) is 0 Å². The van der Waals surface area contributed by atoms with E-state index in [9.17, 15) is 4.79 Å². The van der Waals surface area contributed by atoms with Crippen molar-refractivity contribution in [3.63, 3.8) is 0 Å². The van der Waals surface area contributed by atoms with Crippen LogP contribution < -0.4 is 0 Å². The highest BCUT2D eigenvalue weighted by Crippen LogP contribution is 1.97. The Balaban J connectivity index is 3.54. The van der Waals surface area contributed by atoms with Gasteiger partial charge in [0.25, 0.3) is 0 Å². The standard InChI is InChI=1S/C23H33NO/c1-2-3-4-5-6-7-8-9-10-11-12-13-14-15-16-17-18-19-20-21-23(25)22-24/h3-4,6-7,9-10,12-13,15-16,18-19,22,24H,2,5,8,11,14,17,20-21H2,1H3/b4-3-,7-6-,10-9-,13-12-,16-15-,19-18-,24-22?. The zero-order valence-electron chi connectivity index (χ0n) is 15.6. The maximum absolute atomic E-state index is 10.9. The number of carbonyl (C=O) groups is 1. The molecule has 0 atom stereocenters. The maximum atomic E-state index is 10.9. The van der Waals surface area contributed by atoms with Gasteiger partial charge in [0.2, 0.25) is 0 Å². The fourth-order valence-electron chi connectivity index (χ4n) is 1.94. The van der Waals surface area contributed by atoms with Gasteiger partial charge < -0.3 is 5.41 Å². The van der Waals surface area contributed by atoms with Crippen LogP contribution in [0.15, 0.2) is 72.9 Å². The molecule has 2 heteroatoms. The Labute approximate surface area is 153 Å². The molecule has 0 aromatic carbocycles. The lowest BCUT2D eigenvalue weighted by molar-refractivity contribution is -0.112. The molecular weight excluding hydrogens is 306 g/mol. The van der Waals surface area contributed by atoms with Crippen LogP contribution >= 0.6 is 0 Å². The highest BCUT2D eigenvalue weighted by Gasteiger charge is 1.91. The fraction of sp³-hybridized carbons (Fsp3) is 0.391. The van der Waals surface area contributed by atoms with E-state index in [4.69, 9.17) is 5.41 Å². The van der Waals surface area contributed by atoms with E-state index in [2.05, 4.69) is 73.8 Å². The van der Waals surface area contributed by atoms with Gasteiger partial charge in [0.05, 0.1) is 6.21 Å². The summed E-state index contributed by atoms with van der Waals surface area (Å²) in [6.07, 6.45) is 33.9. The number of nitrogens with one attached hydrogen (secondary N) is 1. The third kappa shape index (κ3) is 19.7. The highest BCUT2D eigenvalue weighted by molar-refractivity contribution is 6.26. The third-order valence-corrected chi connectivity index (χ3v) is 3.31. The number of hydrogen-bond acceptors (Lipinski definition) is 2. The van der Waals surface area contributed by atoms with Crippen molar-refractivity contribution in [1.82, 2.24) is 0 Å². The molecule has 0 spiro atoms. The van der Waals surface area contributed by atoms with Crippen LogP contribution in [-0.4, -0.2) is 12.0 Å². The van der Waals surface area contributed by atoms with Gasteiger partial charge in [-0.25, -0.2) is 0 Å². The van der Waals surface area contributed by atoms with E-state index in [-0.39, 0.29) is 5.78 Å². The van der Waals surface area contributed by atoms with Crippen LogP contribution in [0.3, 0.4) is 0 Å². The van der Waals surface area contributed by atoms with Crippen molar-refractivity contribution >= 4 is 12.0 Å². The molecule has 2 nitrogen and oxygen atoms in total. The largest absolute Gasteiger partial charge is 0.305 e. The number of allylic oxidation sites excluding steroid dienone is 12. The summed E-state index contributed by atoms with van der Waals surface area (Å²) in [5.74, 6) is -0.112. The molecule has 0 fully saturated rings. The number of hydrogen-bond donors (Lipinski definition) is 1. The molecular formula is C23H33NO. The second-order valence-electron chi connectivity index (χ2n) is 5.56. The molecule has 0 bridgehead atoms. The van der Waals surface area contributed by atoms with Gasteiger partial charge >= 0.3 is 0 Å². The first-order valence-electron chi connectivity index (χ1n) is 9.24. The summed E-state index contributed by atoms with van der Waals surface area (Å²) in [5.41, 5.74) is 0. The van der Waals surface area contributed by atoms with Crippen molar-refractivity contribution < 1.29 is 4.79 Å². The number of ketones is 1. The minimum Gasteiger partial charge on any atom is -0.305 e. The van der Waals surface area contributed by atoms with Gasteiger partial charge in [-0.2, -0.15) is 0 Å². The van der Waals surface area contributed by atoms with Crippen LogP contribution in [0.5, 0.6) is 0 Å². The normalized spacial score (nSPS) is 12.8. The Hall–Kier alpha value is -2.22. The van der Waals surface area contributed by atoms with Crippen molar-refractivity contribution in [3.8, 4) is 0 Å². The van der Waals surface area contributed by atoms with Crippen LogP contribution in [0.25, 0.3) is 0 Å². The van der Waals surface area contributed by atoms with Crippen molar-refractivity contribution in [2.75, 3.05) is 0 Å². The molecule has 0 amide bonds. The summed E-state index contributed by atoms with van der Waals surface area (Å²) < 4.78 is 0. The summed E-state index contributed by atoms with van der Waals surface area (Å²) >= 11 is 0. The van der Waals surface area contributed by atoms with Gasteiger partial charge in [-0.1, -0.05) is 79.8 Å². The third-order valence-electron chi connectivity index (χ3n) is 3.31. The Bertz CT molecular complexity index is 504. The molecule has 136 valence electrons. The van der Waals surface area contributed by atoms with Crippen molar-refractivity contribution in [3.05, 3.63) is 72.9 Å². The first-order valence-corrected chi connectivity index (χ1v) is 9.24. The first kappa shape index (κ1) is 22.8. The molecule has 0 unspecified atom stereocenters. The predicted octanol–water partition coefficient (Wildman–Crippen LogP) is 6.68. The monoisotopic (exact) mass is 339 g/mol. The summed E-state index contributed by atoms with van der Waals surface area (Å²) in [5, 5.41) is 6.79. The van der Waals surface area contributed by atoms with Crippen LogP contribution in [0, 0.1) is 5.41 Å². The number of carbonyl (C=O) groups excluding carboxylic acids is 1. The van der Waals surface area contributed by atoms with Crippen molar-refractivity contribution in [1.29, 1.82) is 5.41 Å². The topological polar surface area (TPSA) is 40.9 Å². The molecule has 0 rings (SSSR count). The van der Waals surface area contributed by atoms with Crippen molar-refractivity contribution in [2.45, 2.75) is 58.3 Å². The predicted molar refractivity (Wildman–Crippen MR) is 111 cm³/mol. The highest BCUT2D eigenvalue weighted by atomic mass is 16.1. The average Bonchev–Trinajstić information content (AvgIpc) is 2.63. The molecule has 0 heterocycles. The molecule has 0 saturated carbocycles. The van der Waals surface area contributed by atoms with Crippen molar-refractivity contribution in [2.24, 2.45) is 0 Å². The Kier molecular flexibility index (Phi) is 18.1. The second kappa shape index (κ2) is 19.8. The lowest BCUT2D eigenvalue weighted by Crippen LogP contribution is -1.95. The van der Waals surface area contributed by atoms with E-state index in [1.807, 2.05) is 6.08 Å². The molecule has 0 aliphatic heterocycles. The van der Waals surface area contributed by atoms with E-state index in [1.165, 1.54) is 0 Å². The Morgan fingerprint density at radius 2 is 1.00 bits per heavy atom. The smallest absolute Gasteiger partial charge is 0.173 e. The Morgan fingerprint density at radius 1 is 0.640 bits per heavy atom. The minimum absolute atomic E-state index is 0.112. The lowest BCUT2D eigenvalue weighted by atomic mass is 10.2. The molecule has 0 saturated heterocycles. The maximum Gasteiger partial charge on any atom is 0.173 e. The van der Waals surface area contributed by atoms with Gasteiger partial charge in [0.15, 0.2) is 5.78 Å². The molecule has 0 radical (unpaired) electrons. The second-order valence-corrected chi connectivity index (χ2v) is 5.56. The van der Waals surface area contributed by atoms with Gasteiger partial charge in [-0.05, 0) is 44.9 Å². The molecule has 0 aliphatic rings. The zero-order chi connectivity index (χ0) is 18.4. The van der Waals surface area contributed by atoms with Gasteiger partial charge in [0, 0.05) is 6.42 Å². The summed E-state index contributed by atoms with van der Waals surface area (Å²) in [6.45, 7) is 2.15. The van der Waals surface area contributed by atoms with Crippen LogP contribution in [0.1, 0.15) is 58.3 Å². The zero-order valence-corrected chi connectivity index (χ0v) is 15.6. The molecule has 1 N–H and O–H groups in total. The van der Waals surface area contributed by atoms with Gasteiger partial charge in [-0.3, -0.25) is 4.79 Å². The average molecular weight is 340 g/mol. The van der Waals surface area contributed by atoms with E-state index < -0.39 is 0 Å². The van der Waals surface area contributed by atoms with E-state index >= 15 is 0 Å². The summed E-state index contributed by atoms with van der Waals surface area (Å²) in [4.78, 5) is 10.9. The van der Waals surface area contributed by atoms with Crippen LogP contribution in [-0.2, 0) is 4.79 Å².